The van der Waals surface area contributed by atoms with E-state index in [0.717, 1.165) is 30.4 Å². The number of rotatable bonds is 2. The largest absolute Gasteiger partial charge is 0.507 e. The van der Waals surface area contributed by atoms with Crippen molar-refractivity contribution in [3.8, 4) is 0 Å². The molecule has 0 spiro atoms. The van der Waals surface area contributed by atoms with Crippen molar-refractivity contribution in [1.29, 1.82) is 0 Å². The third kappa shape index (κ3) is 2.47. The number of hydrogen-bond acceptors (Lipinski definition) is 3. The maximum absolute atomic E-state index is 12.5. The molecule has 1 saturated carbocycles. The summed E-state index contributed by atoms with van der Waals surface area (Å²) in [5, 5.41) is 21.6. The van der Waals surface area contributed by atoms with Crippen LogP contribution in [0.15, 0.2) is 6.07 Å². The van der Waals surface area contributed by atoms with Crippen LogP contribution < -0.4 is 5.59 Å². The van der Waals surface area contributed by atoms with Gasteiger partial charge in [-0.3, -0.25) is 4.68 Å². The van der Waals surface area contributed by atoms with E-state index in [-0.39, 0.29) is 11.6 Å². The molecule has 1 fully saturated rings. The fourth-order valence-corrected chi connectivity index (χ4v) is 2.18. The summed E-state index contributed by atoms with van der Waals surface area (Å²) in [6.45, 7) is 0. The van der Waals surface area contributed by atoms with Gasteiger partial charge in [0.05, 0.1) is 11.6 Å². The highest BCUT2D eigenvalue weighted by atomic mass is 19.4. The van der Waals surface area contributed by atoms with Crippen molar-refractivity contribution in [1.82, 2.24) is 9.78 Å². The molecule has 0 radical (unpaired) electrons. The van der Waals surface area contributed by atoms with E-state index in [4.69, 9.17) is 10.0 Å². The van der Waals surface area contributed by atoms with E-state index in [1.54, 1.807) is 0 Å². The Morgan fingerprint density at radius 1 is 1.29 bits per heavy atom. The van der Waals surface area contributed by atoms with Crippen LogP contribution >= 0.6 is 0 Å². The van der Waals surface area contributed by atoms with Crippen molar-refractivity contribution in [2.75, 3.05) is 0 Å². The third-order valence-corrected chi connectivity index (χ3v) is 2.99. The maximum atomic E-state index is 12.5. The third-order valence-electron chi connectivity index (χ3n) is 2.99. The van der Waals surface area contributed by atoms with Crippen molar-refractivity contribution < 1.29 is 23.2 Å². The van der Waals surface area contributed by atoms with Gasteiger partial charge in [0.15, 0.2) is 5.69 Å². The number of alkyl halides is 3. The molecule has 2 N–H and O–H groups in total. The first kappa shape index (κ1) is 12.4. The molecule has 0 saturated heterocycles. The zero-order valence-electron chi connectivity index (χ0n) is 8.98. The van der Waals surface area contributed by atoms with Crippen LogP contribution in [0.2, 0.25) is 0 Å². The van der Waals surface area contributed by atoms with Gasteiger partial charge < -0.3 is 10.0 Å². The van der Waals surface area contributed by atoms with Gasteiger partial charge in [-0.05, 0) is 18.9 Å². The van der Waals surface area contributed by atoms with E-state index in [2.05, 4.69) is 5.10 Å². The standard InChI is InChI=1S/C9H12BF3N2O2/c11-9(12,13)7-5-8(10(16)17)15(14-7)6-3-1-2-4-6/h5-6,16-17H,1-4H2. The van der Waals surface area contributed by atoms with Crippen LogP contribution in [-0.2, 0) is 6.18 Å². The van der Waals surface area contributed by atoms with Gasteiger partial charge in [-0.15, -0.1) is 0 Å². The van der Waals surface area contributed by atoms with Gasteiger partial charge in [-0.1, -0.05) is 12.8 Å². The summed E-state index contributed by atoms with van der Waals surface area (Å²) in [5.41, 5.74) is -1.27. The zero-order chi connectivity index (χ0) is 12.6. The van der Waals surface area contributed by atoms with Crippen LogP contribution in [0.5, 0.6) is 0 Å². The predicted molar refractivity (Wildman–Crippen MR) is 54.6 cm³/mol. The minimum Gasteiger partial charge on any atom is -0.422 e. The van der Waals surface area contributed by atoms with Gasteiger partial charge in [-0.25, -0.2) is 0 Å². The highest BCUT2D eigenvalue weighted by molar-refractivity contribution is 6.57. The Bertz CT molecular complexity index is 399. The van der Waals surface area contributed by atoms with Gasteiger partial charge in [0.2, 0.25) is 0 Å². The van der Waals surface area contributed by atoms with Crippen molar-refractivity contribution in [2.24, 2.45) is 0 Å². The Labute approximate surface area is 96.2 Å². The van der Waals surface area contributed by atoms with Crippen molar-refractivity contribution in [3.05, 3.63) is 11.8 Å². The first-order valence-corrected chi connectivity index (χ1v) is 5.42. The molecule has 4 nitrogen and oxygen atoms in total. The number of aromatic nitrogens is 2. The van der Waals surface area contributed by atoms with Crippen molar-refractivity contribution in [2.45, 2.75) is 37.9 Å². The fourth-order valence-electron chi connectivity index (χ4n) is 2.18. The van der Waals surface area contributed by atoms with Crippen LogP contribution in [0.4, 0.5) is 13.2 Å². The first-order chi connectivity index (χ1) is 7.89. The Morgan fingerprint density at radius 3 is 2.35 bits per heavy atom. The van der Waals surface area contributed by atoms with Gasteiger partial charge in [0.1, 0.15) is 0 Å². The van der Waals surface area contributed by atoms with E-state index < -0.39 is 19.0 Å². The lowest BCUT2D eigenvalue weighted by Gasteiger charge is -2.13. The van der Waals surface area contributed by atoms with Gasteiger partial charge in [0, 0.05) is 0 Å². The molecule has 0 atom stereocenters. The molecule has 0 bridgehead atoms. The average Bonchev–Trinajstić information content (AvgIpc) is 2.85. The van der Waals surface area contributed by atoms with Crippen LogP contribution in [0.25, 0.3) is 0 Å². The Kier molecular flexibility index (Phi) is 3.18. The molecular formula is C9H12BF3N2O2. The molecule has 0 unspecified atom stereocenters. The molecule has 1 aromatic rings. The smallest absolute Gasteiger partial charge is 0.422 e. The highest BCUT2D eigenvalue weighted by Crippen LogP contribution is 2.31. The normalized spacial score (nSPS) is 17.7. The maximum Gasteiger partial charge on any atom is 0.507 e. The topological polar surface area (TPSA) is 58.3 Å². The molecule has 0 amide bonds. The summed E-state index contributed by atoms with van der Waals surface area (Å²) in [7, 11) is -1.93. The van der Waals surface area contributed by atoms with Crippen LogP contribution in [0.1, 0.15) is 37.4 Å². The Morgan fingerprint density at radius 2 is 1.88 bits per heavy atom. The summed E-state index contributed by atoms with van der Waals surface area (Å²) >= 11 is 0. The summed E-state index contributed by atoms with van der Waals surface area (Å²) in [5.74, 6) is 0. The monoisotopic (exact) mass is 248 g/mol. The van der Waals surface area contributed by atoms with Crippen LogP contribution in [0, 0.1) is 0 Å². The average molecular weight is 248 g/mol. The number of halogens is 3. The second kappa shape index (κ2) is 4.34. The lowest BCUT2D eigenvalue weighted by molar-refractivity contribution is -0.141. The summed E-state index contributed by atoms with van der Waals surface area (Å²) in [4.78, 5) is 0. The molecule has 1 aromatic heterocycles. The van der Waals surface area contributed by atoms with Gasteiger partial charge in [-0.2, -0.15) is 18.3 Å². The zero-order valence-corrected chi connectivity index (χ0v) is 8.98. The van der Waals surface area contributed by atoms with Crippen LogP contribution in [-0.4, -0.2) is 26.9 Å². The van der Waals surface area contributed by atoms with Crippen LogP contribution in [0.3, 0.4) is 0 Å². The predicted octanol–water partition coefficient (Wildman–Crippen LogP) is 0.697. The van der Waals surface area contributed by atoms with Crippen molar-refractivity contribution in [3.63, 3.8) is 0 Å². The van der Waals surface area contributed by atoms with E-state index in [0.29, 0.717) is 6.07 Å². The highest BCUT2D eigenvalue weighted by Gasteiger charge is 2.37. The van der Waals surface area contributed by atoms with Crippen molar-refractivity contribution >= 4 is 12.7 Å². The molecule has 1 heterocycles. The minimum atomic E-state index is -4.56. The molecule has 0 aromatic carbocycles. The van der Waals surface area contributed by atoms with Gasteiger partial charge in [0.25, 0.3) is 0 Å². The summed E-state index contributed by atoms with van der Waals surface area (Å²) in [6.07, 6.45) is -1.27. The van der Waals surface area contributed by atoms with E-state index in [9.17, 15) is 13.2 Å². The van der Waals surface area contributed by atoms with E-state index >= 15 is 0 Å². The minimum absolute atomic E-state index is 0.164. The second-order valence-corrected chi connectivity index (χ2v) is 4.21. The molecular weight excluding hydrogens is 236 g/mol. The second-order valence-electron chi connectivity index (χ2n) is 4.21. The first-order valence-electron chi connectivity index (χ1n) is 5.42. The SMILES string of the molecule is OB(O)c1cc(C(F)(F)F)nn1C1CCCC1. The molecule has 1 aliphatic carbocycles. The lowest BCUT2D eigenvalue weighted by Crippen LogP contribution is -2.38. The quantitative estimate of drug-likeness (QED) is 0.757. The summed E-state index contributed by atoms with van der Waals surface area (Å²) < 4.78 is 38.6. The molecule has 17 heavy (non-hydrogen) atoms. The fraction of sp³-hybridized carbons (Fsp3) is 0.667. The number of hydrogen-bond donors (Lipinski definition) is 2. The molecule has 2 rings (SSSR count). The van der Waals surface area contributed by atoms with E-state index in [1.807, 2.05) is 0 Å². The molecule has 94 valence electrons. The lowest BCUT2D eigenvalue weighted by atomic mass is 9.85. The number of nitrogens with zero attached hydrogens (tertiary/aromatic N) is 2. The summed E-state index contributed by atoms with van der Waals surface area (Å²) in [6, 6.07) is 0.533. The Balaban J connectivity index is 2.38. The molecule has 1 aliphatic rings. The molecule has 0 aliphatic heterocycles. The Hall–Kier alpha value is -1.02. The van der Waals surface area contributed by atoms with E-state index in [1.165, 1.54) is 0 Å². The molecule has 8 heteroatoms. The van der Waals surface area contributed by atoms with Gasteiger partial charge >= 0.3 is 13.3 Å².